The second-order valence-electron chi connectivity index (χ2n) is 12.2. The molecule has 0 aliphatic carbocycles. The molecule has 0 spiro atoms. The van der Waals surface area contributed by atoms with Gasteiger partial charge in [-0.05, 0) is 63.4 Å². The van der Waals surface area contributed by atoms with Crippen LogP contribution in [0.4, 0.5) is 38.5 Å². The van der Waals surface area contributed by atoms with Crippen molar-refractivity contribution in [2.45, 2.75) is 62.6 Å². The maximum Gasteiger partial charge on any atom is 0.415 e. The maximum absolute atomic E-state index is 14.9. The Balaban J connectivity index is 1.74. The minimum Gasteiger partial charge on any atom is -0.495 e. The summed E-state index contributed by atoms with van der Waals surface area (Å²) in [6, 6.07) is 9.08. The number of anilines is 2. The average molecular weight is 697 g/mol. The van der Waals surface area contributed by atoms with Crippen LogP contribution in [0.15, 0.2) is 47.4 Å². The topological polar surface area (TPSA) is 130 Å². The van der Waals surface area contributed by atoms with Gasteiger partial charge in [-0.25, -0.2) is 22.4 Å². The Labute approximate surface area is 275 Å². The molecule has 1 saturated heterocycles. The van der Waals surface area contributed by atoms with Crippen molar-refractivity contribution in [3.05, 3.63) is 48.2 Å². The van der Waals surface area contributed by atoms with E-state index in [1.165, 1.54) is 43.5 Å². The summed E-state index contributed by atoms with van der Waals surface area (Å²) >= 11 is 0. The zero-order chi connectivity index (χ0) is 35.6. The Kier molecular flexibility index (Phi) is 10.4. The van der Waals surface area contributed by atoms with Gasteiger partial charge in [-0.3, -0.25) is 4.90 Å². The van der Waals surface area contributed by atoms with Gasteiger partial charge in [0, 0.05) is 29.9 Å². The summed E-state index contributed by atoms with van der Waals surface area (Å²) in [6.07, 6.45) is -7.12. The molecule has 260 valence electrons. The Morgan fingerprint density at radius 1 is 1.15 bits per heavy atom. The van der Waals surface area contributed by atoms with Gasteiger partial charge >= 0.3 is 18.4 Å². The number of ether oxygens (including phenoxy) is 2. The van der Waals surface area contributed by atoms with Crippen molar-refractivity contribution in [2.75, 3.05) is 43.2 Å². The first-order valence-corrected chi connectivity index (χ1v) is 16.6. The van der Waals surface area contributed by atoms with Gasteiger partial charge in [0.05, 0.1) is 48.0 Å². The van der Waals surface area contributed by atoms with Crippen molar-refractivity contribution in [1.29, 1.82) is 0 Å². The highest BCUT2D eigenvalue weighted by Gasteiger charge is 2.33. The fourth-order valence-corrected chi connectivity index (χ4v) is 5.83. The van der Waals surface area contributed by atoms with Gasteiger partial charge in [0.2, 0.25) is 0 Å². The van der Waals surface area contributed by atoms with Crippen LogP contribution in [0.5, 0.6) is 5.75 Å². The molecule has 11 nitrogen and oxygen atoms in total. The summed E-state index contributed by atoms with van der Waals surface area (Å²) in [6.45, 7) is 2.90. The zero-order valence-corrected chi connectivity index (χ0v) is 27.7. The number of carbonyl (C=O) groups excluding carboxylic acids is 1. The van der Waals surface area contributed by atoms with E-state index < -0.39 is 52.6 Å². The predicted molar refractivity (Wildman–Crippen MR) is 171 cm³/mol. The number of rotatable bonds is 7. The molecule has 4 rings (SSSR count). The molecule has 2 atom stereocenters. The van der Waals surface area contributed by atoms with E-state index in [0.29, 0.717) is 11.1 Å². The lowest BCUT2D eigenvalue weighted by Gasteiger charge is -2.34. The molecule has 1 aromatic heterocycles. The Morgan fingerprint density at radius 2 is 1.85 bits per heavy atom. The molecule has 0 saturated carbocycles. The summed E-state index contributed by atoms with van der Waals surface area (Å²) in [5, 5.41) is 12.6. The number of nitrogens with zero attached hydrogens (tertiary/aromatic N) is 3. The largest absolute Gasteiger partial charge is 0.495 e. The van der Waals surface area contributed by atoms with Crippen molar-refractivity contribution in [3.8, 4) is 17.6 Å². The fourth-order valence-electron chi connectivity index (χ4n) is 5.19. The number of hydrogen-bond donors (Lipinski definition) is 2. The van der Waals surface area contributed by atoms with Crippen LogP contribution in [0.2, 0.25) is 0 Å². The Morgan fingerprint density at radius 3 is 2.44 bits per heavy atom. The summed E-state index contributed by atoms with van der Waals surface area (Å²) in [5.74, 6) is 5.49. The molecule has 2 amide bonds. The normalized spacial score (nSPS) is 17.0. The first-order chi connectivity index (χ1) is 22.3. The molecule has 3 aromatic rings. The van der Waals surface area contributed by atoms with E-state index in [2.05, 4.69) is 17.2 Å². The molecule has 1 aliphatic rings. The van der Waals surface area contributed by atoms with Crippen LogP contribution in [0, 0.1) is 11.8 Å². The van der Waals surface area contributed by atoms with E-state index in [1.807, 2.05) is 0 Å². The van der Waals surface area contributed by atoms with Crippen molar-refractivity contribution in [2.24, 2.45) is 0 Å². The molecule has 16 heteroatoms. The highest BCUT2D eigenvalue weighted by Crippen LogP contribution is 2.33. The van der Waals surface area contributed by atoms with Crippen LogP contribution < -0.4 is 15.0 Å². The smallest absolute Gasteiger partial charge is 0.415 e. The third kappa shape index (κ3) is 8.82. The lowest BCUT2D eigenvalue weighted by molar-refractivity contribution is -0.140. The number of sulfone groups is 1. The second-order valence-corrected chi connectivity index (χ2v) is 14.2. The molecule has 1 fully saturated rings. The average Bonchev–Trinajstić information content (AvgIpc) is 3.31. The highest BCUT2D eigenvalue weighted by molar-refractivity contribution is 7.90. The number of benzene rings is 2. The van der Waals surface area contributed by atoms with E-state index in [-0.39, 0.29) is 53.6 Å². The first-order valence-electron chi connectivity index (χ1n) is 14.7. The maximum atomic E-state index is 14.9. The number of likely N-dealkylation sites (tertiary alicyclic amines) is 1. The second kappa shape index (κ2) is 13.8. The van der Waals surface area contributed by atoms with Crippen LogP contribution in [0.3, 0.4) is 0 Å². The number of carbonyl (C=O) groups is 2. The molecular weight excluding hydrogens is 660 g/mol. The predicted octanol–water partition coefficient (Wildman–Crippen LogP) is 5.91. The molecule has 2 heterocycles. The van der Waals surface area contributed by atoms with Gasteiger partial charge in [0.1, 0.15) is 24.1 Å². The number of nitrogens with one attached hydrogen (secondary N) is 1. The highest BCUT2D eigenvalue weighted by atomic mass is 32.2. The number of alkyl halides is 4. The quantitative estimate of drug-likeness (QED) is 0.231. The number of carboxylic acid groups (broad SMARTS) is 1. The van der Waals surface area contributed by atoms with Crippen LogP contribution >= 0.6 is 0 Å². The van der Waals surface area contributed by atoms with E-state index >= 15 is 0 Å². The SMILES string of the molecule is COc1cc(S(C)(=O)=O)ccc1N(CC#Cc1cc2c(N[C@H]3CCN(C(=O)O)C[C@H]3F)cccc2n1CC(F)(F)F)C(=O)OC(C)(C)C. The fraction of sp³-hybridized carbons (Fsp3) is 0.438. The number of amides is 2. The molecule has 0 bridgehead atoms. The molecular formula is C32H36F4N4O7S. The summed E-state index contributed by atoms with van der Waals surface area (Å²) in [4.78, 5) is 26.5. The number of methoxy groups -OCH3 is 1. The monoisotopic (exact) mass is 696 g/mol. The van der Waals surface area contributed by atoms with Crippen LogP contribution in [-0.4, -0.2) is 92.2 Å². The van der Waals surface area contributed by atoms with Crippen LogP contribution in [-0.2, 0) is 21.1 Å². The lowest BCUT2D eigenvalue weighted by atomic mass is 10.0. The third-order valence-electron chi connectivity index (χ3n) is 7.37. The summed E-state index contributed by atoms with van der Waals surface area (Å²) in [7, 11) is -2.34. The van der Waals surface area contributed by atoms with Crippen molar-refractivity contribution < 1.29 is 50.1 Å². The van der Waals surface area contributed by atoms with Crippen molar-refractivity contribution >= 4 is 44.3 Å². The number of hydrogen-bond acceptors (Lipinski definition) is 7. The molecule has 0 radical (unpaired) electrons. The number of piperidine rings is 1. The number of aromatic nitrogens is 1. The molecule has 2 N–H and O–H groups in total. The minimum absolute atomic E-state index is 0.0211. The van der Waals surface area contributed by atoms with Crippen LogP contribution in [0.1, 0.15) is 32.9 Å². The third-order valence-corrected chi connectivity index (χ3v) is 8.48. The van der Waals surface area contributed by atoms with Gasteiger partial charge in [-0.15, -0.1) is 0 Å². The zero-order valence-electron chi connectivity index (χ0n) is 26.9. The van der Waals surface area contributed by atoms with Crippen molar-refractivity contribution in [1.82, 2.24) is 9.47 Å². The first kappa shape index (κ1) is 36.2. The van der Waals surface area contributed by atoms with Gasteiger partial charge < -0.3 is 29.4 Å². The Bertz CT molecular complexity index is 1860. The molecule has 0 unspecified atom stereocenters. The molecule has 1 aliphatic heterocycles. The van der Waals surface area contributed by atoms with Gasteiger partial charge in [0.15, 0.2) is 9.84 Å². The summed E-state index contributed by atoms with van der Waals surface area (Å²) in [5.41, 5.74) is -0.349. The van der Waals surface area contributed by atoms with Crippen LogP contribution in [0.25, 0.3) is 10.9 Å². The standard InChI is InChI=1S/C32H36F4N4O7S/c1-31(2,3)47-30(43)39(27-12-11-21(48(5,44)45)17-28(27)46-4)14-7-8-20-16-22-24(9-6-10-26(22)40(20)19-32(34,35)36)37-25-13-15-38(29(41)42)18-23(25)33/h6,9-12,16-17,23,25,37H,13-15,18-19H2,1-5H3,(H,41,42)/t23-,25+/m1/s1. The Hall–Kier alpha value is -4.65. The number of fused-ring (bicyclic) bond motifs is 1. The molecule has 2 aromatic carbocycles. The van der Waals surface area contributed by atoms with Gasteiger partial charge in [-0.2, -0.15) is 13.2 Å². The van der Waals surface area contributed by atoms with Crippen molar-refractivity contribution in [3.63, 3.8) is 0 Å². The summed E-state index contributed by atoms with van der Waals surface area (Å²) < 4.78 is 92.3. The van der Waals surface area contributed by atoms with E-state index in [1.54, 1.807) is 26.8 Å². The number of halogens is 4. The van der Waals surface area contributed by atoms with E-state index in [4.69, 9.17) is 9.47 Å². The van der Waals surface area contributed by atoms with Gasteiger partial charge in [-0.1, -0.05) is 12.0 Å². The molecule has 48 heavy (non-hydrogen) atoms. The lowest BCUT2D eigenvalue weighted by Crippen LogP contribution is -2.49. The van der Waals surface area contributed by atoms with E-state index in [0.717, 1.165) is 20.6 Å². The van der Waals surface area contributed by atoms with Gasteiger partial charge in [0.25, 0.3) is 0 Å². The van der Waals surface area contributed by atoms with E-state index in [9.17, 15) is 40.7 Å². The minimum atomic E-state index is -4.63.